The largest absolute Gasteiger partial charge is 0.345 e. The van der Waals surface area contributed by atoms with E-state index in [1.165, 1.54) is 12.1 Å². The van der Waals surface area contributed by atoms with Crippen molar-refractivity contribution in [1.82, 2.24) is 25.1 Å². The molecule has 2 heterocycles. The Bertz CT molecular complexity index is 1150. The fraction of sp³-hybridized carbons (Fsp3) is 0.136. The van der Waals surface area contributed by atoms with Crippen molar-refractivity contribution in [3.63, 3.8) is 0 Å². The van der Waals surface area contributed by atoms with Gasteiger partial charge in [0, 0.05) is 34.8 Å². The lowest BCUT2D eigenvalue weighted by molar-refractivity contribution is 0.0940. The third-order valence-electron chi connectivity index (χ3n) is 4.81. The highest BCUT2D eigenvalue weighted by molar-refractivity contribution is 5.95. The highest BCUT2D eigenvalue weighted by atomic mass is 19.1. The Kier molecular flexibility index (Phi) is 4.95. The topological polar surface area (TPSA) is 75.6 Å². The van der Waals surface area contributed by atoms with E-state index in [4.69, 9.17) is 0 Å². The van der Waals surface area contributed by atoms with Crippen LogP contribution in [-0.2, 0) is 0 Å². The summed E-state index contributed by atoms with van der Waals surface area (Å²) in [6.07, 6.45) is 5.11. The van der Waals surface area contributed by atoms with Gasteiger partial charge in [-0.1, -0.05) is 18.2 Å². The van der Waals surface area contributed by atoms with E-state index >= 15 is 0 Å². The molecule has 1 amide bonds. The molecular formula is C22H20FN5O. The summed E-state index contributed by atoms with van der Waals surface area (Å²) in [7, 11) is 0. The maximum absolute atomic E-state index is 13.5. The van der Waals surface area contributed by atoms with Crippen LogP contribution in [-0.4, -0.2) is 25.7 Å². The molecule has 29 heavy (non-hydrogen) atoms. The molecule has 0 saturated heterocycles. The van der Waals surface area contributed by atoms with Crippen LogP contribution in [0.2, 0.25) is 0 Å². The predicted molar refractivity (Wildman–Crippen MR) is 108 cm³/mol. The molecule has 0 spiro atoms. The second kappa shape index (κ2) is 7.71. The van der Waals surface area contributed by atoms with E-state index in [0.29, 0.717) is 17.1 Å². The monoisotopic (exact) mass is 389 g/mol. The zero-order valence-corrected chi connectivity index (χ0v) is 16.1. The van der Waals surface area contributed by atoms with Crippen molar-refractivity contribution in [1.29, 1.82) is 0 Å². The Morgan fingerprint density at radius 2 is 2.03 bits per heavy atom. The minimum absolute atomic E-state index is 0.191. The highest BCUT2D eigenvalue weighted by Gasteiger charge is 2.18. The van der Waals surface area contributed by atoms with Gasteiger partial charge in [-0.3, -0.25) is 4.79 Å². The maximum Gasteiger partial charge on any atom is 0.251 e. The smallest absolute Gasteiger partial charge is 0.251 e. The number of benzene rings is 2. The first-order valence-electron chi connectivity index (χ1n) is 9.24. The summed E-state index contributed by atoms with van der Waals surface area (Å²) in [5, 5.41) is 7.37. The van der Waals surface area contributed by atoms with E-state index in [1.54, 1.807) is 47.5 Å². The minimum Gasteiger partial charge on any atom is -0.345 e. The van der Waals surface area contributed by atoms with Gasteiger partial charge in [0.05, 0.1) is 17.9 Å². The van der Waals surface area contributed by atoms with Crippen LogP contribution in [0.4, 0.5) is 4.39 Å². The molecule has 4 rings (SSSR count). The number of carbonyl (C=O) groups is 1. The number of nitrogens with zero attached hydrogens (tertiary/aromatic N) is 3. The fourth-order valence-corrected chi connectivity index (χ4v) is 3.30. The van der Waals surface area contributed by atoms with Crippen LogP contribution in [0.25, 0.3) is 17.1 Å². The van der Waals surface area contributed by atoms with Crippen molar-refractivity contribution in [3.05, 3.63) is 89.8 Å². The number of rotatable bonds is 5. The summed E-state index contributed by atoms with van der Waals surface area (Å²) in [6.45, 7) is 3.79. The number of hydrogen-bond donors (Lipinski definition) is 2. The van der Waals surface area contributed by atoms with Crippen LogP contribution in [0, 0.1) is 12.7 Å². The Hall–Kier alpha value is -3.74. The van der Waals surface area contributed by atoms with E-state index in [0.717, 1.165) is 16.8 Å². The molecule has 7 heteroatoms. The lowest BCUT2D eigenvalue weighted by atomic mass is 10.1. The molecule has 4 aromatic rings. The number of carbonyl (C=O) groups excluding carboxylic acids is 1. The van der Waals surface area contributed by atoms with Crippen molar-refractivity contribution in [2.24, 2.45) is 0 Å². The van der Waals surface area contributed by atoms with Crippen LogP contribution in [0.3, 0.4) is 0 Å². The predicted octanol–water partition coefficient (Wildman–Crippen LogP) is 4.20. The first-order chi connectivity index (χ1) is 14.0. The molecule has 0 aliphatic carbocycles. The molecule has 1 atom stereocenters. The number of aromatic amines is 1. The summed E-state index contributed by atoms with van der Waals surface area (Å²) in [4.78, 5) is 20.0. The molecule has 0 saturated carbocycles. The molecule has 0 bridgehead atoms. The van der Waals surface area contributed by atoms with Gasteiger partial charge in [-0.25, -0.2) is 14.1 Å². The lowest BCUT2D eigenvalue weighted by Gasteiger charge is -2.14. The Morgan fingerprint density at radius 3 is 2.79 bits per heavy atom. The van der Waals surface area contributed by atoms with E-state index < -0.39 is 0 Å². The van der Waals surface area contributed by atoms with Gasteiger partial charge in [0.2, 0.25) is 0 Å². The highest BCUT2D eigenvalue weighted by Crippen LogP contribution is 2.22. The summed E-state index contributed by atoms with van der Waals surface area (Å²) in [6, 6.07) is 13.3. The molecule has 2 aromatic carbocycles. The summed E-state index contributed by atoms with van der Waals surface area (Å²) < 4.78 is 15.2. The summed E-state index contributed by atoms with van der Waals surface area (Å²) in [5.41, 5.74) is 3.72. The van der Waals surface area contributed by atoms with Crippen molar-refractivity contribution < 1.29 is 9.18 Å². The van der Waals surface area contributed by atoms with E-state index in [1.807, 2.05) is 26.0 Å². The van der Waals surface area contributed by atoms with Gasteiger partial charge < -0.3 is 10.3 Å². The zero-order chi connectivity index (χ0) is 20.4. The van der Waals surface area contributed by atoms with Gasteiger partial charge in [-0.05, 0) is 44.2 Å². The average molecular weight is 389 g/mol. The lowest BCUT2D eigenvalue weighted by Crippen LogP contribution is -2.27. The number of aromatic nitrogens is 4. The molecule has 0 unspecified atom stereocenters. The SMILES string of the molecule is Cc1c([C@H](C)NC(=O)c2cccc(-c3ncc[nH]3)c2)cnn1-c1cccc(F)c1. The third-order valence-corrected chi connectivity index (χ3v) is 4.81. The molecule has 6 nitrogen and oxygen atoms in total. The van der Waals surface area contributed by atoms with Gasteiger partial charge in [-0.2, -0.15) is 5.10 Å². The van der Waals surface area contributed by atoms with Crippen LogP contribution in [0.5, 0.6) is 0 Å². The number of halogens is 1. The fourth-order valence-electron chi connectivity index (χ4n) is 3.30. The first kappa shape index (κ1) is 18.6. The van der Waals surface area contributed by atoms with E-state index in [9.17, 15) is 9.18 Å². The normalized spacial score (nSPS) is 12.0. The molecule has 146 valence electrons. The van der Waals surface area contributed by atoms with Crippen LogP contribution in [0.1, 0.15) is 34.6 Å². The Morgan fingerprint density at radius 1 is 1.21 bits per heavy atom. The minimum atomic E-state index is -0.322. The molecule has 2 aromatic heterocycles. The molecule has 0 fully saturated rings. The second-order valence-electron chi connectivity index (χ2n) is 6.79. The van der Waals surface area contributed by atoms with Gasteiger partial charge in [0.1, 0.15) is 11.6 Å². The zero-order valence-electron chi connectivity index (χ0n) is 16.1. The number of nitrogens with one attached hydrogen (secondary N) is 2. The number of amides is 1. The van der Waals surface area contributed by atoms with E-state index in [-0.39, 0.29) is 17.8 Å². The third kappa shape index (κ3) is 3.80. The second-order valence-corrected chi connectivity index (χ2v) is 6.79. The molecule has 0 aliphatic rings. The van der Waals surface area contributed by atoms with Crippen LogP contribution in [0.15, 0.2) is 67.1 Å². The van der Waals surface area contributed by atoms with Crippen LogP contribution < -0.4 is 5.32 Å². The molecule has 0 aliphatic heterocycles. The number of hydrogen-bond acceptors (Lipinski definition) is 3. The van der Waals surface area contributed by atoms with Gasteiger partial charge in [0.15, 0.2) is 0 Å². The van der Waals surface area contributed by atoms with Gasteiger partial charge >= 0.3 is 0 Å². The quantitative estimate of drug-likeness (QED) is 0.537. The Labute approximate surface area is 167 Å². The van der Waals surface area contributed by atoms with Crippen molar-refractivity contribution in [2.75, 3.05) is 0 Å². The number of H-pyrrole nitrogens is 1. The number of imidazole rings is 1. The van der Waals surface area contributed by atoms with E-state index in [2.05, 4.69) is 20.4 Å². The summed E-state index contributed by atoms with van der Waals surface area (Å²) >= 11 is 0. The summed E-state index contributed by atoms with van der Waals surface area (Å²) in [5.74, 6) is 0.195. The molecule has 2 N–H and O–H groups in total. The van der Waals surface area contributed by atoms with Gasteiger partial charge in [0.25, 0.3) is 5.91 Å². The maximum atomic E-state index is 13.5. The molecule has 0 radical (unpaired) electrons. The van der Waals surface area contributed by atoms with Crippen molar-refractivity contribution in [2.45, 2.75) is 19.9 Å². The van der Waals surface area contributed by atoms with Gasteiger partial charge in [-0.15, -0.1) is 0 Å². The molecular weight excluding hydrogens is 369 g/mol. The first-order valence-corrected chi connectivity index (χ1v) is 9.24. The van der Waals surface area contributed by atoms with Crippen molar-refractivity contribution >= 4 is 5.91 Å². The van der Waals surface area contributed by atoms with Crippen molar-refractivity contribution in [3.8, 4) is 17.1 Å². The standard InChI is InChI=1S/C22H20FN5O/c1-14(20-13-26-28(15(20)2)19-8-4-7-18(23)12-19)27-22(29)17-6-3-5-16(11-17)21-24-9-10-25-21/h3-14H,1-2H3,(H,24,25)(H,27,29)/t14-/m0/s1. The van der Waals surface area contributed by atoms with Crippen LogP contribution >= 0.6 is 0 Å². The average Bonchev–Trinajstić information content (AvgIpc) is 3.38. The Balaban J connectivity index is 1.53.